The molecule has 0 amide bonds. The van der Waals surface area contributed by atoms with Crippen molar-refractivity contribution in [1.29, 1.82) is 0 Å². The number of alkyl halides is 2. The highest BCUT2D eigenvalue weighted by molar-refractivity contribution is 7.21. The van der Waals surface area contributed by atoms with Crippen molar-refractivity contribution in [3.8, 4) is 11.1 Å². The number of halogens is 4. The fraction of sp³-hybridized carbons (Fsp3) is 0.0667. The van der Waals surface area contributed by atoms with E-state index in [2.05, 4.69) is 4.98 Å². The summed E-state index contributed by atoms with van der Waals surface area (Å²) in [5.41, 5.74) is -0.539. The molecule has 0 aliphatic rings. The molecule has 0 radical (unpaired) electrons. The number of hydrogen-bond donors (Lipinski definition) is 1. The van der Waals surface area contributed by atoms with Crippen LogP contribution in [0.25, 0.3) is 21.3 Å². The van der Waals surface area contributed by atoms with Gasteiger partial charge in [0.15, 0.2) is 0 Å². The van der Waals surface area contributed by atoms with Gasteiger partial charge in [-0.3, -0.25) is 4.98 Å². The predicted molar refractivity (Wildman–Crippen MR) is 76.9 cm³/mol. The van der Waals surface area contributed by atoms with Crippen LogP contribution in [0.4, 0.5) is 17.6 Å². The van der Waals surface area contributed by atoms with Gasteiger partial charge in [0.2, 0.25) is 0 Å². The summed E-state index contributed by atoms with van der Waals surface area (Å²) in [6, 6.07) is 3.70. The number of thiophene rings is 1. The lowest BCUT2D eigenvalue weighted by Gasteiger charge is -2.10. The van der Waals surface area contributed by atoms with E-state index in [0.29, 0.717) is 6.07 Å². The summed E-state index contributed by atoms with van der Waals surface area (Å²) in [5, 5.41) is 9.03. The smallest absolute Gasteiger partial charge is 0.345 e. The fourth-order valence-electron chi connectivity index (χ4n) is 2.26. The van der Waals surface area contributed by atoms with Crippen LogP contribution in [0.15, 0.2) is 30.5 Å². The molecule has 0 saturated heterocycles. The second-order valence-corrected chi connectivity index (χ2v) is 5.73. The Kier molecular flexibility index (Phi) is 3.77. The summed E-state index contributed by atoms with van der Waals surface area (Å²) >= 11 is 0.730. The zero-order chi connectivity index (χ0) is 16.7. The van der Waals surface area contributed by atoms with Gasteiger partial charge < -0.3 is 5.11 Å². The number of rotatable bonds is 3. The van der Waals surface area contributed by atoms with Crippen molar-refractivity contribution in [2.45, 2.75) is 6.43 Å². The van der Waals surface area contributed by atoms with E-state index in [1.165, 1.54) is 6.07 Å². The van der Waals surface area contributed by atoms with E-state index in [1.807, 2.05) is 0 Å². The molecule has 1 aromatic carbocycles. The molecule has 0 saturated carbocycles. The molecule has 118 valence electrons. The third kappa shape index (κ3) is 2.77. The first kappa shape index (κ1) is 15.4. The van der Waals surface area contributed by atoms with Gasteiger partial charge in [-0.1, -0.05) is 0 Å². The highest BCUT2D eigenvalue weighted by Crippen LogP contribution is 2.40. The molecule has 8 heteroatoms. The van der Waals surface area contributed by atoms with E-state index in [9.17, 15) is 22.4 Å². The van der Waals surface area contributed by atoms with Crippen molar-refractivity contribution < 1.29 is 27.5 Å². The number of nitrogens with zero attached hydrogens (tertiary/aromatic N) is 1. The third-order valence-electron chi connectivity index (χ3n) is 3.17. The van der Waals surface area contributed by atoms with Crippen LogP contribution in [-0.4, -0.2) is 16.1 Å². The first-order valence-electron chi connectivity index (χ1n) is 6.27. The van der Waals surface area contributed by atoms with E-state index >= 15 is 0 Å². The van der Waals surface area contributed by atoms with Gasteiger partial charge in [-0.15, -0.1) is 11.3 Å². The number of carboxylic acids is 1. The Morgan fingerprint density at radius 3 is 2.35 bits per heavy atom. The zero-order valence-corrected chi connectivity index (χ0v) is 12.0. The third-order valence-corrected chi connectivity index (χ3v) is 4.30. The summed E-state index contributed by atoms with van der Waals surface area (Å²) in [6.45, 7) is 0. The lowest BCUT2D eigenvalue weighted by Crippen LogP contribution is -1.94. The Bertz CT molecular complexity index is 903. The first-order valence-corrected chi connectivity index (χ1v) is 7.09. The Hall–Kier alpha value is -2.48. The van der Waals surface area contributed by atoms with Gasteiger partial charge in [0.25, 0.3) is 6.43 Å². The van der Waals surface area contributed by atoms with Gasteiger partial charge in [0, 0.05) is 23.4 Å². The van der Waals surface area contributed by atoms with Gasteiger partial charge in [0.05, 0.1) is 10.2 Å². The zero-order valence-electron chi connectivity index (χ0n) is 11.2. The van der Waals surface area contributed by atoms with Crippen molar-refractivity contribution in [2.24, 2.45) is 0 Å². The predicted octanol–water partition coefficient (Wildman–Crippen LogP) is 4.88. The van der Waals surface area contributed by atoms with Crippen LogP contribution in [0.3, 0.4) is 0 Å². The van der Waals surface area contributed by atoms with Crippen LogP contribution < -0.4 is 0 Å². The van der Waals surface area contributed by atoms with Crippen LogP contribution in [0.5, 0.6) is 0 Å². The van der Waals surface area contributed by atoms with Gasteiger partial charge in [0.1, 0.15) is 16.5 Å². The molecule has 0 atom stereocenters. The molecule has 23 heavy (non-hydrogen) atoms. The van der Waals surface area contributed by atoms with Crippen LogP contribution >= 0.6 is 11.3 Å². The molecule has 0 spiro atoms. The van der Waals surface area contributed by atoms with E-state index in [4.69, 9.17) is 5.11 Å². The molecule has 0 unspecified atom stereocenters. The molecular formula is C15H7F4NO2S. The maximum atomic E-state index is 13.4. The molecule has 0 aliphatic heterocycles. The minimum atomic E-state index is -2.93. The Labute approximate surface area is 130 Å². The molecule has 3 rings (SSSR count). The molecule has 1 N–H and O–H groups in total. The first-order chi connectivity index (χ1) is 10.9. The standard InChI is InChI=1S/C15H7F4NO2S/c16-7-1-6(2-8(17)3-7)12-9(14(18)19)5-20-10-4-11(15(21)22)23-13(10)12/h1-5,14H,(H,21,22). The van der Waals surface area contributed by atoms with Crippen LogP contribution in [0, 0.1) is 11.6 Å². The topological polar surface area (TPSA) is 50.2 Å². The van der Waals surface area contributed by atoms with Gasteiger partial charge in [-0.05, 0) is 23.8 Å². The van der Waals surface area contributed by atoms with E-state index in [-0.39, 0.29) is 26.2 Å². The molecule has 0 aliphatic carbocycles. The molecule has 0 fully saturated rings. The maximum Gasteiger partial charge on any atom is 0.345 e. The summed E-state index contributed by atoms with van der Waals surface area (Å²) < 4.78 is 53.6. The molecule has 2 heterocycles. The van der Waals surface area contributed by atoms with Crippen LogP contribution in [0.1, 0.15) is 21.7 Å². The summed E-state index contributed by atoms with van der Waals surface area (Å²) in [4.78, 5) is 14.8. The number of carboxylic acid groups (broad SMARTS) is 1. The van der Waals surface area contributed by atoms with Gasteiger partial charge in [-0.25, -0.2) is 22.4 Å². The highest BCUT2D eigenvalue weighted by atomic mass is 32.1. The number of benzene rings is 1. The molecule has 0 bridgehead atoms. The molecule has 3 aromatic rings. The SMILES string of the molecule is O=C(O)c1cc2ncc(C(F)F)c(-c3cc(F)cc(F)c3)c2s1. The minimum absolute atomic E-state index is 0.0935. The van der Waals surface area contributed by atoms with Gasteiger partial charge >= 0.3 is 5.97 Å². The monoisotopic (exact) mass is 341 g/mol. The van der Waals surface area contributed by atoms with E-state index in [1.54, 1.807) is 0 Å². The average Bonchev–Trinajstić information content (AvgIpc) is 2.89. The molecular weight excluding hydrogens is 334 g/mol. The summed E-state index contributed by atoms with van der Waals surface area (Å²) in [7, 11) is 0. The number of aromatic nitrogens is 1. The van der Waals surface area contributed by atoms with E-state index < -0.39 is 29.6 Å². The highest BCUT2D eigenvalue weighted by Gasteiger charge is 2.22. The minimum Gasteiger partial charge on any atom is -0.477 e. The largest absolute Gasteiger partial charge is 0.477 e. The van der Waals surface area contributed by atoms with Gasteiger partial charge in [-0.2, -0.15) is 0 Å². The molecule has 2 aromatic heterocycles. The average molecular weight is 341 g/mol. The van der Waals surface area contributed by atoms with Crippen molar-refractivity contribution in [3.63, 3.8) is 0 Å². The number of fused-ring (bicyclic) bond motifs is 1. The Balaban J connectivity index is 2.38. The Morgan fingerprint density at radius 1 is 1.13 bits per heavy atom. The number of carbonyl (C=O) groups is 1. The summed E-state index contributed by atoms with van der Waals surface area (Å²) in [6.07, 6.45) is -2.03. The summed E-state index contributed by atoms with van der Waals surface area (Å²) in [5.74, 6) is -3.07. The van der Waals surface area contributed by atoms with Crippen molar-refractivity contribution in [1.82, 2.24) is 4.98 Å². The number of hydrogen-bond acceptors (Lipinski definition) is 3. The fourth-order valence-corrected chi connectivity index (χ4v) is 3.29. The maximum absolute atomic E-state index is 13.4. The van der Waals surface area contributed by atoms with E-state index in [0.717, 1.165) is 29.7 Å². The van der Waals surface area contributed by atoms with Crippen molar-refractivity contribution in [3.05, 3.63) is 52.5 Å². The quantitative estimate of drug-likeness (QED) is 0.691. The Morgan fingerprint density at radius 2 is 1.78 bits per heavy atom. The molecule has 3 nitrogen and oxygen atoms in total. The van der Waals surface area contributed by atoms with Crippen LogP contribution in [0.2, 0.25) is 0 Å². The van der Waals surface area contributed by atoms with Crippen LogP contribution in [-0.2, 0) is 0 Å². The second-order valence-electron chi connectivity index (χ2n) is 4.68. The van der Waals surface area contributed by atoms with Crippen molar-refractivity contribution in [2.75, 3.05) is 0 Å². The lowest BCUT2D eigenvalue weighted by atomic mass is 10.0. The van der Waals surface area contributed by atoms with Crippen molar-refractivity contribution >= 4 is 27.5 Å². The second kappa shape index (κ2) is 5.62. The number of pyridine rings is 1. The normalized spacial score (nSPS) is 11.3. The lowest BCUT2D eigenvalue weighted by molar-refractivity contribution is 0.0702. The number of aromatic carboxylic acids is 1.